The summed E-state index contributed by atoms with van der Waals surface area (Å²) in [7, 11) is 0. The zero-order valence-electron chi connectivity index (χ0n) is 12.7. The number of hydrogen-bond donors (Lipinski definition) is 1. The Bertz CT molecular complexity index is 483. The fourth-order valence-electron chi connectivity index (χ4n) is 3.15. The number of aromatic nitrogens is 3. The lowest BCUT2D eigenvalue weighted by molar-refractivity contribution is 0.272. The van der Waals surface area contributed by atoms with Crippen molar-refractivity contribution in [2.45, 2.75) is 38.6 Å². The molecule has 0 aromatic carbocycles. The molecule has 21 heavy (non-hydrogen) atoms. The lowest BCUT2D eigenvalue weighted by Crippen LogP contribution is -2.37. The first-order valence-corrected chi connectivity index (χ1v) is 7.89. The summed E-state index contributed by atoms with van der Waals surface area (Å²) in [6.07, 6.45) is 4.61. The highest BCUT2D eigenvalue weighted by Crippen LogP contribution is 2.24. The average Bonchev–Trinajstić information content (AvgIpc) is 2.81. The van der Waals surface area contributed by atoms with Gasteiger partial charge in [0.15, 0.2) is 0 Å². The Morgan fingerprint density at radius 3 is 2.90 bits per heavy atom. The molecule has 116 valence electrons. The second kappa shape index (κ2) is 6.43. The van der Waals surface area contributed by atoms with Crippen molar-refractivity contribution in [3.63, 3.8) is 0 Å². The lowest BCUT2D eigenvalue weighted by Gasteiger charge is -2.25. The summed E-state index contributed by atoms with van der Waals surface area (Å²) < 4.78 is 5.51. The third-order valence-electron chi connectivity index (χ3n) is 4.14. The molecule has 2 aliphatic heterocycles. The van der Waals surface area contributed by atoms with Crippen molar-refractivity contribution in [1.82, 2.24) is 19.9 Å². The molecule has 2 aliphatic rings. The minimum atomic E-state index is 0.235. The molecule has 0 saturated carbocycles. The maximum absolute atomic E-state index is 5.80. The molecule has 1 atom stereocenters. The maximum atomic E-state index is 5.80. The minimum absolute atomic E-state index is 0.235. The molecule has 2 N–H and O–H groups in total. The lowest BCUT2D eigenvalue weighted by atomic mass is 10.2. The molecule has 1 aromatic heterocycles. The van der Waals surface area contributed by atoms with E-state index in [9.17, 15) is 0 Å². The number of rotatable bonds is 4. The van der Waals surface area contributed by atoms with E-state index in [0.29, 0.717) is 24.6 Å². The molecule has 3 heterocycles. The van der Waals surface area contributed by atoms with E-state index in [1.54, 1.807) is 0 Å². The largest absolute Gasteiger partial charge is 0.463 e. The number of hydrogen-bond acceptors (Lipinski definition) is 7. The van der Waals surface area contributed by atoms with Crippen molar-refractivity contribution in [3.05, 3.63) is 0 Å². The number of nitrogens with zero attached hydrogens (tertiary/aromatic N) is 5. The van der Waals surface area contributed by atoms with Crippen LogP contribution in [0.1, 0.15) is 32.6 Å². The summed E-state index contributed by atoms with van der Waals surface area (Å²) in [5.74, 6) is 0.890. The standard InChI is InChI=1S/C14H24N6O/c1-2-9-21-14-17-12(15)16-13(18-14)20-8-4-7-19-6-3-5-11(19)10-20/h11H,2-10H2,1H3,(H2,15,16,17,18). The smallest absolute Gasteiger partial charge is 0.323 e. The zero-order valence-corrected chi connectivity index (χ0v) is 12.7. The third-order valence-corrected chi connectivity index (χ3v) is 4.14. The van der Waals surface area contributed by atoms with Crippen LogP contribution in [0.15, 0.2) is 0 Å². The van der Waals surface area contributed by atoms with Crippen LogP contribution in [0.3, 0.4) is 0 Å². The molecule has 7 nitrogen and oxygen atoms in total. The molecule has 1 unspecified atom stereocenters. The van der Waals surface area contributed by atoms with Gasteiger partial charge in [-0.25, -0.2) is 0 Å². The molecule has 0 aliphatic carbocycles. The van der Waals surface area contributed by atoms with Crippen molar-refractivity contribution in [3.8, 4) is 6.01 Å². The van der Waals surface area contributed by atoms with Crippen LogP contribution < -0.4 is 15.4 Å². The molecule has 7 heteroatoms. The van der Waals surface area contributed by atoms with E-state index >= 15 is 0 Å². The first-order valence-electron chi connectivity index (χ1n) is 7.89. The quantitative estimate of drug-likeness (QED) is 0.883. The van der Waals surface area contributed by atoms with Crippen LogP contribution in [0.25, 0.3) is 0 Å². The zero-order chi connectivity index (χ0) is 14.7. The van der Waals surface area contributed by atoms with Crippen molar-refractivity contribution >= 4 is 11.9 Å². The van der Waals surface area contributed by atoms with Gasteiger partial charge in [-0.05, 0) is 32.2 Å². The van der Waals surface area contributed by atoms with Crippen molar-refractivity contribution in [1.29, 1.82) is 0 Å². The first-order chi connectivity index (χ1) is 10.3. The highest BCUT2D eigenvalue weighted by Gasteiger charge is 2.29. The number of fused-ring (bicyclic) bond motifs is 1. The van der Waals surface area contributed by atoms with Crippen molar-refractivity contribution in [2.75, 3.05) is 43.4 Å². The second-order valence-corrected chi connectivity index (χ2v) is 5.76. The van der Waals surface area contributed by atoms with Gasteiger partial charge < -0.3 is 15.4 Å². The summed E-state index contributed by atoms with van der Waals surface area (Å²) >= 11 is 0. The highest BCUT2D eigenvalue weighted by atomic mass is 16.5. The van der Waals surface area contributed by atoms with Gasteiger partial charge in [-0.3, -0.25) is 4.90 Å². The Hall–Kier alpha value is -1.63. The Kier molecular flexibility index (Phi) is 4.38. The Morgan fingerprint density at radius 1 is 1.19 bits per heavy atom. The van der Waals surface area contributed by atoms with Crippen molar-refractivity contribution in [2.24, 2.45) is 0 Å². The van der Waals surface area contributed by atoms with E-state index in [0.717, 1.165) is 25.9 Å². The van der Waals surface area contributed by atoms with E-state index in [1.807, 2.05) is 0 Å². The number of ether oxygens (including phenoxy) is 1. The second-order valence-electron chi connectivity index (χ2n) is 5.76. The van der Waals surface area contributed by atoms with Gasteiger partial charge >= 0.3 is 6.01 Å². The molecular weight excluding hydrogens is 268 g/mol. The summed E-state index contributed by atoms with van der Waals surface area (Å²) in [5, 5.41) is 0. The fraction of sp³-hybridized carbons (Fsp3) is 0.786. The Morgan fingerprint density at radius 2 is 2.05 bits per heavy atom. The predicted octanol–water partition coefficient (Wildman–Crippen LogP) is 0.917. The van der Waals surface area contributed by atoms with Crippen LogP contribution in [0.2, 0.25) is 0 Å². The van der Waals surface area contributed by atoms with Crippen LogP contribution >= 0.6 is 0 Å². The molecular formula is C14H24N6O. The summed E-state index contributed by atoms with van der Waals surface area (Å²) in [4.78, 5) is 17.6. The molecule has 0 spiro atoms. The van der Waals surface area contributed by atoms with Crippen LogP contribution in [0.5, 0.6) is 6.01 Å². The van der Waals surface area contributed by atoms with E-state index in [2.05, 4.69) is 31.7 Å². The minimum Gasteiger partial charge on any atom is -0.463 e. The van der Waals surface area contributed by atoms with Gasteiger partial charge in [0.25, 0.3) is 0 Å². The van der Waals surface area contributed by atoms with Gasteiger partial charge in [0, 0.05) is 25.7 Å². The summed E-state index contributed by atoms with van der Waals surface area (Å²) in [6.45, 7) is 6.97. The average molecular weight is 292 g/mol. The number of anilines is 2. The van der Waals surface area contributed by atoms with Gasteiger partial charge in [-0.15, -0.1) is 0 Å². The summed E-state index contributed by atoms with van der Waals surface area (Å²) in [6, 6.07) is 0.956. The first kappa shape index (κ1) is 14.3. The van der Waals surface area contributed by atoms with E-state index in [-0.39, 0.29) is 5.95 Å². The Labute approximate surface area is 125 Å². The Balaban J connectivity index is 1.76. The topological polar surface area (TPSA) is 80.4 Å². The van der Waals surface area contributed by atoms with E-state index in [4.69, 9.17) is 10.5 Å². The van der Waals surface area contributed by atoms with E-state index < -0.39 is 0 Å². The van der Waals surface area contributed by atoms with E-state index in [1.165, 1.54) is 25.9 Å². The molecule has 0 radical (unpaired) electrons. The van der Waals surface area contributed by atoms with Gasteiger partial charge in [-0.1, -0.05) is 6.92 Å². The molecule has 0 bridgehead atoms. The fourth-order valence-corrected chi connectivity index (χ4v) is 3.15. The van der Waals surface area contributed by atoms with Crippen LogP contribution in [-0.2, 0) is 0 Å². The predicted molar refractivity (Wildman–Crippen MR) is 81.5 cm³/mol. The van der Waals surface area contributed by atoms with Gasteiger partial charge in [0.1, 0.15) is 0 Å². The molecule has 0 amide bonds. The molecule has 3 rings (SSSR count). The molecule has 2 saturated heterocycles. The van der Waals surface area contributed by atoms with Crippen molar-refractivity contribution < 1.29 is 4.74 Å². The maximum Gasteiger partial charge on any atom is 0.323 e. The molecule has 2 fully saturated rings. The normalized spacial score (nSPS) is 22.9. The van der Waals surface area contributed by atoms with Gasteiger partial charge in [-0.2, -0.15) is 15.0 Å². The SMILES string of the molecule is CCCOc1nc(N)nc(N2CCCN3CCCC3C2)n1. The number of nitrogens with two attached hydrogens (primary N) is 1. The van der Waals surface area contributed by atoms with Crippen LogP contribution in [0.4, 0.5) is 11.9 Å². The third kappa shape index (κ3) is 3.34. The van der Waals surface area contributed by atoms with Gasteiger partial charge in [0.2, 0.25) is 11.9 Å². The highest BCUT2D eigenvalue weighted by molar-refractivity contribution is 5.36. The summed E-state index contributed by atoms with van der Waals surface area (Å²) in [5.41, 5.74) is 5.80. The van der Waals surface area contributed by atoms with Gasteiger partial charge in [0.05, 0.1) is 6.61 Å². The molecule has 1 aromatic rings. The van der Waals surface area contributed by atoms with Crippen LogP contribution in [-0.4, -0.2) is 58.7 Å². The number of nitrogen functional groups attached to an aromatic ring is 1. The van der Waals surface area contributed by atoms with Crippen LogP contribution in [0, 0.1) is 0 Å². The monoisotopic (exact) mass is 292 g/mol.